The second-order valence-electron chi connectivity index (χ2n) is 8.53. The van der Waals surface area contributed by atoms with Gasteiger partial charge < -0.3 is 19.2 Å². The molecular formula is C26H24BrNO5. The highest BCUT2D eigenvalue weighted by Crippen LogP contribution is 2.45. The molecule has 1 amide bonds. The van der Waals surface area contributed by atoms with Crippen LogP contribution in [0.25, 0.3) is 11.0 Å². The zero-order valence-electron chi connectivity index (χ0n) is 18.2. The van der Waals surface area contributed by atoms with Crippen LogP contribution in [0.4, 0.5) is 0 Å². The number of nitrogens with zero attached hydrogens (tertiary/aromatic N) is 1. The number of amides is 1. The average molecular weight is 510 g/mol. The number of aliphatic hydroxyl groups is 1. The van der Waals surface area contributed by atoms with Gasteiger partial charge >= 0.3 is 0 Å². The molecule has 0 bridgehead atoms. The third-order valence-corrected chi connectivity index (χ3v) is 7.09. The molecule has 6 nitrogen and oxygen atoms in total. The number of hydrogen-bond donors (Lipinski definition) is 1. The van der Waals surface area contributed by atoms with Crippen LogP contribution in [0.2, 0.25) is 0 Å². The lowest BCUT2D eigenvalue weighted by atomic mass is 9.90. The fraction of sp³-hybridized carbons (Fsp3) is 0.308. The Morgan fingerprint density at radius 1 is 1.12 bits per heavy atom. The van der Waals surface area contributed by atoms with E-state index in [1.165, 1.54) is 0 Å². The van der Waals surface area contributed by atoms with Crippen molar-refractivity contribution < 1.29 is 23.8 Å². The molecule has 2 aromatic carbocycles. The number of carbonyl (C=O) groups excluding carboxylic acids is 2. The maximum absolute atomic E-state index is 13.7. The Kier molecular flexibility index (Phi) is 5.74. The predicted octanol–water partition coefficient (Wildman–Crippen LogP) is 6.11. The van der Waals surface area contributed by atoms with Gasteiger partial charge in [-0.1, -0.05) is 53.4 Å². The number of rotatable bonds is 5. The number of benzene rings is 2. The molecule has 1 saturated carbocycles. The molecule has 0 radical (unpaired) electrons. The maximum atomic E-state index is 13.7. The molecule has 1 N–H and O–H groups in total. The molecular weight excluding hydrogens is 486 g/mol. The average Bonchev–Trinajstić information content (AvgIpc) is 3.37. The highest BCUT2D eigenvalue weighted by molar-refractivity contribution is 9.10. The molecule has 0 spiro atoms. The molecule has 2 aliphatic rings. The van der Waals surface area contributed by atoms with Gasteiger partial charge in [0.15, 0.2) is 11.5 Å². The highest BCUT2D eigenvalue weighted by Gasteiger charge is 2.48. The number of Topliss-reactive ketones (excluding diaryl/α,β-unsaturated/α-hetero) is 1. The molecule has 0 saturated heterocycles. The summed E-state index contributed by atoms with van der Waals surface area (Å²) in [7, 11) is 1.56. The van der Waals surface area contributed by atoms with Gasteiger partial charge in [-0.15, -0.1) is 0 Å². The van der Waals surface area contributed by atoms with Gasteiger partial charge in [-0.05, 0) is 43.2 Å². The molecule has 7 heteroatoms. The number of fused-ring (bicyclic) bond motifs is 1. The number of ether oxygens (including phenoxy) is 1. The van der Waals surface area contributed by atoms with Crippen molar-refractivity contribution in [1.29, 1.82) is 0 Å². The number of hydrogen-bond acceptors (Lipinski definition) is 5. The molecule has 170 valence electrons. The van der Waals surface area contributed by atoms with E-state index in [4.69, 9.17) is 9.15 Å². The van der Waals surface area contributed by atoms with E-state index in [0.717, 1.165) is 42.0 Å². The summed E-state index contributed by atoms with van der Waals surface area (Å²) in [6.07, 6.45) is 4.82. The van der Waals surface area contributed by atoms with Gasteiger partial charge in [0.25, 0.3) is 5.91 Å². The molecule has 2 heterocycles. The fourth-order valence-electron chi connectivity index (χ4n) is 5.05. The summed E-state index contributed by atoms with van der Waals surface area (Å²) in [5.74, 6) is -0.877. The summed E-state index contributed by atoms with van der Waals surface area (Å²) in [4.78, 5) is 28.7. The first-order valence-electron chi connectivity index (χ1n) is 11.1. The van der Waals surface area contributed by atoms with Crippen molar-refractivity contribution in [2.24, 2.45) is 0 Å². The third kappa shape index (κ3) is 3.74. The van der Waals surface area contributed by atoms with Gasteiger partial charge in [0.2, 0.25) is 5.78 Å². The van der Waals surface area contributed by atoms with Crippen LogP contribution in [0.1, 0.15) is 54.3 Å². The number of furan rings is 1. The lowest BCUT2D eigenvalue weighted by Gasteiger charge is -2.36. The predicted molar refractivity (Wildman–Crippen MR) is 127 cm³/mol. The minimum absolute atomic E-state index is 0.0354. The largest absolute Gasteiger partial charge is 0.503 e. The van der Waals surface area contributed by atoms with Gasteiger partial charge in [-0.2, -0.15) is 0 Å². The van der Waals surface area contributed by atoms with E-state index < -0.39 is 23.5 Å². The molecule has 1 aromatic heterocycles. The maximum Gasteiger partial charge on any atom is 0.290 e. The Hall–Kier alpha value is -3.06. The van der Waals surface area contributed by atoms with Crippen LogP contribution in [0.5, 0.6) is 5.75 Å². The lowest BCUT2D eigenvalue weighted by molar-refractivity contribution is -0.132. The number of carbonyl (C=O) groups is 2. The summed E-state index contributed by atoms with van der Waals surface area (Å²) >= 11 is 3.43. The quantitative estimate of drug-likeness (QED) is 0.419. The lowest BCUT2D eigenvalue weighted by Crippen LogP contribution is -2.41. The Balaban J connectivity index is 1.64. The fourth-order valence-corrected chi connectivity index (χ4v) is 5.43. The van der Waals surface area contributed by atoms with Crippen molar-refractivity contribution in [3.8, 4) is 5.75 Å². The van der Waals surface area contributed by atoms with Crippen LogP contribution in [0, 0.1) is 0 Å². The van der Waals surface area contributed by atoms with Gasteiger partial charge in [0.05, 0.1) is 18.7 Å². The van der Waals surface area contributed by atoms with E-state index in [1.807, 2.05) is 30.3 Å². The Morgan fingerprint density at radius 2 is 1.88 bits per heavy atom. The van der Waals surface area contributed by atoms with Gasteiger partial charge in [0, 0.05) is 21.5 Å². The highest BCUT2D eigenvalue weighted by atomic mass is 79.9. The smallest absolute Gasteiger partial charge is 0.290 e. The number of methoxy groups -OCH3 is 1. The van der Waals surface area contributed by atoms with Crippen molar-refractivity contribution in [3.63, 3.8) is 0 Å². The summed E-state index contributed by atoms with van der Waals surface area (Å²) in [5.41, 5.74) is 1.27. The van der Waals surface area contributed by atoms with Crippen LogP contribution >= 0.6 is 15.9 Å². The van der Waals surface area contributed by atoms with Crippen LogP contribution in [0.15, 0.2) is 68.8 Å². The monoisotopic (exact) mass is 509 g/mol. The molecule has 1 atom stereocenters. The first-order chi connectivity index (χ1) is 16.0. The minimum Gasteiger partial charge on any atom is -0.503 e. The van der Waals surface area contributed by atoms with E-state index in [2.05, 4.69) is 15.9 Å². The van der Waals surface area contributed by atoms with Crippen molar-refractivity contribution in [2.45, 2.75) is 44.2 Å². The van der Waals surface area contributed by atoms with Gasteiger partial charge in [-0.25, -0.2) is 0 Å². The van der Waals surface area contributed by atoms with E-state index in [9.17, 15) is 14.7 Å². The van der Waals surface area contributed by atoms with Crippen LogP contribution < -0.4 is 4.74 Å². The van der Waals surface area contributed by atoms with Crippen LogP contribution in [-0.4, -0.2) is 34.8 Å². The zero-order valence-corrected chi connectivity index (χ0v) is 19.8. The van der Waals surface area contributed by atoms with Crippen molar-refractivity contribution in [2.75, 3.05) is 7.11 Å². The summed E-state index contributed by atoms with van der Waals surface area (Å²) in [5, 5.41) is 11.7. The van der Waals surface area contributed by atoms with Gasteiger partial charge in [0.1, 0.15) is 11.3 Å². The van der Waals surface area contributed by atoms with Gasteiger partial charge in [-0.3, -0.25) is 9.59 Å². The molecule has 1 aliphatic heterocycles. The minimum atomic E-state index is -0.746. The van der Waals surface area contributed by atoms with Crippen molar-refractivity contribution in [1.82, 2.24) is 4.90 Å². The normalized spacial score (nSPS) is 19.5. The van der Waals surface area contributed by atoms with Crippen molar-refractivity contribution >= 4 is 38.6 Å². The molecule has 5 rings (SSSR count). The summed E-state index contributed by atoms with van der Waals surface area (Å²) < 4.78 is 12.3. The van der Waals surface area contributed by atoms with Crippen LogP contribution in [0.3, 0.4) is 0 Å². The van der Waals surface area contributed by atoms with E-state index >= 15 is 0 Å². The molecule has 3 aromatic rings. The SMILES string of the molecule is COc1ccccc1C1C(C(=O)c2cc3cc(Br)ccc3o2)=C(O)C(=O)N1C1CCCCC1. The van der Waals surface area contributed by atoms with E-state index in [1.54, 1.807) is 30.2 Å². The first-order valence-corrected chi connectivity index (χ1v) is 11.9. The molecule has 1 unspecified atom stereocenters. The van der Waals surface area contributed by atoms with Crippen LogP contribution in [-0.2, 0) is 4.79 Å². The Morgan fingerprint density at radius 3 is 2.64 bits per heavy atom. The van der Waals surface area contributed by atoms with E-state index in [-0.39, 0.29) is 17.4 Å². The number of para-hydroxylation sites is 1. The van der Waals surface area contributed by atoms with Crippen molar-refractivity contribution in [3.05, 3.63) is 75.7 Å². The number of ketones is 1. The summed E-state index contributed by atoms with van der Waals surface area (Å²) in [6.45, 7) is 0. The Labute approximate surface area is 200 Å². The number of halogens is 1. The second-order valence-corrected chi connectivity index (χ2v) is 9.45. The summed E-state index contributed by atoms with van der Waals surface area (Å²) in [6, 6.07) is 13.6. The Bertz CT molecular complexity index is 1270. The second kappa shape index (κ2) is 8.71. The molecule has 1 aliphatic carbocycles. The third-order valence-electron chi connectivity index (χ3n) is 6.59. The van der Waals surface area contributed by atoms with E-state index in [0.29, 0.717) is 16.9 Å². The standard InChI is InChI=1S/C26H24BrNO5/c1-32-20-10-6-5-9-18(20)23-22(25(30)26(31)28(23)17-7-3-2-4-8-17)24(29)21-14-15-13-16(27)11-12-19(15)33-21/h5-6,9-14,17,23,30H,2-4,7-8H2,1H3. The zero-order chi connectivity index (χ0) is 23.1. The topological polar surface area (TPSA) is 80.0 Å². The number of aliphatic hydroxyl groups excluding tert-OH is 1. The first kappa shape index (κ1) is 21.8. The molecule has 33 heavy (non-hydrogen) atoms. The molecule has 1 fully saturated rings.